The highest BCUT2D eigenvalue weighted by Crippen LogP contribution is 2.12. The van der Waals surface area contributed by atoms with Gasteiger partial charge in [-0.1, -0.05) is 17.7 Å². The van der Waals surface area contributed by atoms with Crippen molar-refractivity contribution in [1.82, 2.24) is 9.97 Å². The summed E-state index contributed by atoms with van der Waals surface area (Å²) in [6.07, 6.45) is 0. The summed E-state index contributed by atoms with van der Waals surface area (Å²) in [5.41, 5.74) is 7.20. The topological polar surface area (TPSA) is 83.8 Å². The molecule has 0 bridgehead atoms. The van der Waals surface area contributed by atoms with Crippen molar-refractivity contribution in [3.8, 4) is 0 Å². The fraction of sp³-hybridized carbons (Fsp3) is 0.0909. The molecule has 0 spiro atoms. The zero-order valence-electron chi connectivity index (χ0n) is 8.82. The molecule has 0 amide bonds. The van der Waals surface area contributed by atoms with E-state index in [1.165, 1.54) is 11.6 Å². The Kier molecular flexibility index (Phi) is 2.59. The van der Waals surface area contributed by atoms with Gasteiger partial charge < -0.3 is 11.1 Å². The molecule has 0 saturated heterocycles. The van der Waals surface area contributed by atoms with Gasteiger partial charge in [0.1, 0.15) is 5.82 Å². The molecule has 0 atom stereocenters. The predicted octanol–water partition coefficient (Wildman–Crippen LogP) is 1.40. The van der Waals surface area contributed by atoms with E-state index in [9.17, 15) is 4.79 Å². The highest BCUT2D eigenvalue weighted by Gasteiger charge is 1.98. The summed E-state index contributed by atoms with van der Waals surface area (Å²) >= 11 is 0. The Balaban J connectivity index is 2.26. The molecule has 1 aromatic heterocycles. The Morgan fingerprint density at radius 3 is 2.62 bits per heavy atom. The number of benzene rings is 1. The van der Waals surface area contributed by atoms with E-state index in [1.54, 1.807) is 0 Å². The van der Waals surface area contributed by atoms with E-state index in [1.807, 2.05) is 31.2 Å². The molecule has 16 heavy (non-hydrogen) atoms. The van der Waals surface area contributed by atoms with Gasteiger partial charge in [-0.25, -0.2) is 0 Å². The molecule has 0 aliphatic heterocycles. The highest BCUT2D eigenvalue weighted by atomic mass is 16.1. The van der Waals surface area contributed by atoms with Crippen LogP contribution in [0.15, 0.2) is 35.1 Å². The van der Waals surface area contributed by atoms with Crippen molar-refractivity contribution < 1.29 is 0 Å². The normalized spacial score (nSPS) is 10.1. The Morgan fingerprint density at radius 2 is 2.00 bits per heavy atom. The minimum Gasteiger partial charge on any atom is -0.383 e. The van der Waals surface area contributed by atoms with E-state index < -0.39 is 0 Å². The lowest BCUT2D eigenvalue weighted by Crippen LogP contribution is -2.11. The number of H-pyrrole nitrogens is 1. The number of rotatable bonds is 2. The standard InChI is InChI=1S/C11H12N4O/c1-7-2-4-8(5-3-7)13-11-14-9(12)6-10(16)15-11/h2-6H,1H3,(H4,12,13,14,15,16). The first-order valence-electron chi connectivity index (χ1n) is 4.84. The molecule has 0 aliphatic carbocycles. The molecule has 5 heteroatoms. The van der Waals surface area contributed by atoms with Crippen LogP contribution < -0.4 is 16.6 Å². The van der Waals surface area contributed by atoms with Gasteiger partial charge in [0.05, 0.1) is 0 Å². The van der Waals surface area contributed by atoms with Crippen LogP contribution in [0.3, 0.4) is 0 Å². The van der Waals surface area contributed by atoms with E-state index in [0.717, 1.165) is 5.69 Å². The van der Waals surface area contributed by atoms with Gasteiger partial charge in [-0.15, -0.1) is 0 Å². The third-order valence-corrected chi connectivity index (χ3v) is 2.08. The van der Waals surface area contributed by atoms with Crippen LogP contribution in [-0.2, 0) is 0 Å². The van der Waals surface area contributed by atoms with Crippen molar-refractivity contribution in [3.63, 3.8) is 0 Å². The van der Waals surface area contributed by atoms with E-state index in [0.29, 0.717) is 5.95 Å². The molecule has 82 valence electrons. The molecule has 5 nitrogen and oxygen atoms in total. The largest absolute Gasteiger partial charge is 0.383 e. The van der Waals surface area contributed by atoms with E-state index in [2.05, 4.69) is 15.3 Å². The van der Waals surface area contributed by atoms with Crippen LogP contribution in [0, 0.1) is 6.92 Å². The van der Waals surface area contributed by atoms with Gasteiger partial charge in [-0.05, 0) is 19.1 Å². The Labute approximate surface area is 92.3 Å². The summed E-state index contributed by atoms with van der Waals surface area (Å²) < 4.78 is 0. The van der Waals surface area contributed by atoms with Gasteiger partial charge in [-0.2, -0.15) is 4.98 Å². The number of nitrogen functional groups attached to an aromatic ring is 1. The Hall–Kier alpha value is -2.30. The number of nitrogens with two attached hydrogens (primary N) is 1. The number of aromatic nitrogens is 2. The molecule has 0 aliphatic rings. The zero-order valence-corrected chi connectivity index (χ0v) is 8.82. The number of hydrogen-bond donors (Lipinski definition) is 3. The molecule has 0 saturated carbocycles. The molecular weight excluding hydrogens is 204 g/mol. The van der Waals surface area contributed by atoms with Gasteiger partial charge >= 0.3 is 0 Å². The molecule has 1 aromatic carbocycles. The Bertz CT molecular complexity index is 545. The SMILES string of the molecule is Cc1ccc(Nc2nc(N)cc(=O)[nH]2)cc1. The van der Waals surface area contributed by atoms with Crippen molar-refractivity contribution in [2.45, 2.75) is 6.92 Å². The first-order chi connectivity index (χ1) is 7.63. The lowest BCUT2D eigenvalue weighted by Gasteiger charge is -2.05. The molecule has 0 fully saturated rings. The summed E-state index contributed by atoms with van der Waals surface area (Å²) in [6.45, 7) is 2.00. The lowest BCUT2D eigenvalue weighted by atomic mass is 10.2. The number of aromatic amines is 1. The quantitative estimate of drug-likeness (QED) is 0.708. The second kappa shape index (κ2) is 4.06. The van der Waals surface area contributed by atoms with Gasteiger partial charge in [0.15, 0.2) is 0 Å². The van der Waals surface area contributed by atoms with Gasteiger partial charge in [0.2, 0.25) is 5.95 Å². The molecule has 2 rings (SSSR count). The first kappa shape index (κ1) is 10.2. The summed E-state index contributed by atoms with van der Waals surface area (Å²) in [7, 11) is 0. The van der Waals surface area contributed by atoms with Crippen LogP contribution in [-0.4, -0.2) is 9.97 Å². The highest BCUT2D eigenvalue weighted by molar-refractivity contribution is 5.54. The molecule has 2 aromatic rings. The van der Waals surface area contributed by atoms with Crippen molar-refractivity contribution in [3.05, 3.63) is 46.2 Å². The molecular formula is C11H12N4O. The second-order valence-corrected chi connectivity index (χ2v) is 3.51. The zero-order chi connectivity index (χ0) is 11.5. The maximum atomic E-state index is 11.1. The van der Waals surface area contributed by atoms with Crippen molar-refractivity contribution in [2.75, 3.05) is 11.1 Å². The molecule has 0 radical (unpaired) electrons. The summed E-state index contributed by atoms with van der Waals surface area (Å²) in [4.78, 5) is 17.7. The van der Waals surface area contributed by atoms with Crippen LogP contribution >= 0.6 is 0 Å². The maximum Gasteiger partial charge on any atom is 0.254 e. The monoisotopic (exact) mass is 216 g/mol. The van der Waals surface area contributed by atoms with Crippen molar-refractivity contribution in [1.29, 1.82) is 0 Å². The number of nitrogens with zero attached hydrogens (tertiary/aromatic N) is 1. The van der Waals surface area contributed by atoms with Gasteiger partial charge in [-0.3, -0.25) is 9.78 Å². The average Bonchev–Trinajstić information content (AvgIpc) is 2.20. The smallest absolute Gasteiger partial charge is 0.254 e. The van der Waals surface area contributed by atoms with Crippen LogP contribution in [0.2, 0.25) is 0 Å². The molecule has 4 N–H and O–H groups in total. The Morgan fingerprint density at radius 1 is 1.31 bits per heavy atom. The summed E-state index contributed by atoms with van der Waals surface area (Å²) in [5.74, 6) is 0.534. The summed E-state index contributed by atoms with van der Waals surface area (Å²) in [6, 6.07) is 8.97. The summed E-state index contributed by atoms with van der Waals surface area (Å²) in [5, 5.41) is 2.97. The number of anilines is 3. The fourth-order valence-corrected chi connectivity index (χ4v) is 1.31. The third kappa shape index (κ3) is 2.38. The van der Waals surface area contributed by atoms with Gasteiger partial charge in [0, 0.05) is 11.8 Å². The first-order valence-corrected chi connectivity index (χ1v) is 4.84. The second-order valence-electron chi connectivity index (χ2n) is 3.51. The van der Waals surface area contributed by atoms with Crippen molar-refractivity contribution >= 4 is 17.5 Å². The maximum absolute atomic E-state index is 11.1. The molecule has 1 heterocycles. The predicted molar refractivity (Wildman–Crippen MR) is 63.7 cm³/mol. The third-order valence-electron chi connectivity index (χ3n) is 2.08. The minimum absolute atomic E-state index is 0.193. The number of hydrogen-bond acceptors (Lipinski definition) is 4. The number of nitrogens with one attached hydrogen (secondary N) is 2. The van der Waals surface area contributed by atoms with Crippen LogP contribution in [0.25, 0.3) is 0 Å². The average molecular weight is 216 g/mol. The number of aryl methyl sites for hydroxylation is 1. The van der Waals surface area contributed by atoms with E-state index >= 15 is 0 Å². The van der Waals surface area contributed by atoms with E-state index in [4.69, 9.17) is 5.73 Å². The molecule has 0 unspecified atom stereocenters. The van der Waals surface area contributed by atoms with Crippen molar-refractivity contribution in [2.24, 2.45) is 0 Å². The lowest BCUT2D eigenvalue weighted by molar-refractivity contribution is 1.13. The minimum atomic E-state index is -0.276. The van der Waals surface area contributed by atoms with Crippen LogP contribution in [0.4, 0.5) is 17.5 Å². The van der Waals surface area contributed by atoms with E-state index in [-0.39, 0.29) is 11.4 Å². The van der Waals surface area contributed by atoms with Crippen LogP contribution in [0.1, 0.15) is 5.56 Å². The van der Waals surface area contributed by atoms with Crippen LogP contribution in [0.5, 0.6) is 0 Å². The fourth-order valence-electron chi connectivity index (χ4n) is 1.31. The van der Waals surface area contributed by atoms with Gasteiger partial charge in [0.25, 0.3) is 5.56 Å².